The van der Waals surface area contributed by atoms with Crippen LogP contribution in [0.2, 0.25) is 0 Å². The number of anilines is 1. The van der Waals surface area contributed by atoms with Gasteiger partial charge in [-0.05, 0) is 37.0 Å². The molecule has 21 heavy (non-hydrogen) atoms. The summed E-state index contributed by atoms with van der Waals surface area (Å²) in [5.41, 5.74) is 2.23. The van der Waals surface area contributed by atoms with Crippen LogP contribution in [-0.4, -0.2) is 16.5 Å². The first-order valence-corrected chi connectivity index (χ1v) is 7.45. The summed E-state index contributed by atoms with van der Waals surface area (Å²) in [6.07, 6.45) is 2.58. The highest BCUT2D eigenvalue weighted by Gasteiger charge is 2.09. The lowest BCUT2D eigenvalue weighted by Crippen LogP contribution is -2.05. The first-order chi connectivity index (χ1) is 10.1. The van der Waals surface area contributed by atoms with Crippen LogP contribution in [0.1, 0.15) is 44.2 Å². The van der Waals surface area contributed by atoms with Crippen molar-refractivity contribution in [3.63, 3.8) is 0 Å². The van der Waals surface area contributed by atoms with Gasteiger partial charge in [-0.25, -0.2) is 9.97 Å². The molecule has 0 aliphatic heterocycles. The third-order valence-corrected chi connectivity index (χ3v) is 3.34. The second kappa shape index (κ2) is 7.07. The first-order valence-electron chi connectivity index (χ1n) is 7.45. The second-order valence-corrected chi connectivity index (χ2v) is 5.41. The summed E-state index contributed by atoms with van der Waals surface area (Å²) < 4.78 is 5.87. The van der Waals surface area contributed by atoms with E-state index >= 15 is 0 Å². The van der Waals surface area contributed by atoms with Crippen molar-refractivity contribution in [2.24, 2.45) is 0 Å². The number of nitrogens with zero attached hydrogens (tertiary/aromatic N) is 2. The van der Waals surface area contributed by atoms with Crippen molar-refractivity contribution in [2.45, 2.75) is 40.0 Å². The highest BCUT2D eigenvalue weighted by Crippen LogP contribution is 2.27. The van der Waals surface area contributed by atoms with Crippen molar-refractivity contribution < 1.29 is 4.74 Å². The van der Waals surface area contributed by atoms with Gasteiger partial charge in [-0.2, -0.15) is 0 Å². The third kappa shape index (κ3) is 3.94. The Hall–Kier alpha value is -2.10. The first kappa shape index (κ1) is 15.3. The molecule has 0 saturated heterocycles. The van der Waals surface area contributed by atoms with Crippen LogP contribution in [0.25, 0.3) is 0 Å². The molecule has 2 aromatic rings. The molecule has 1 N–H and O–H groups in total. The van der Waals surface area contributed by atoms with Gasteiger partial charge in [0.25, 0.3) is 0 Å². The van der Waals surface area contributed by atoms with E-state index in [1.807, 2.05) is 19.1 Å². The maximum Gasteiger partial charge on any atom is 0.227 e. The van der Waals surface area contributed by atoms with Crippen molar-refractivity contribution in [1.82, 2.24) is 9.97 Å². The van der Waals surface area contributed by atoms with E-state index in [9.17, 15) is 0 Å². The van der Waals surface area contributed by atoms with Crippen LogP contribution < -0.4 is 10.1 Å². The third-order valence-electron chi connectivity index (χ3n) is 3.34. The lowest BCUT2D eigenvalue weighted by Gasteiger charge is -2.12. The van der Waals surface area contributed by atoms with Gasteiger partial charge < -0.3 is 10.1 Å². The summed E-state index contributed by atoms with van der Waals surface area (Å²) in [5, 5.41) is 3.28. The van der Waals surface area contributed by atoms with E-state index in [-0.39, 0.29) is 0 Å². The molecule has 0 radical (unpaired) electrons. The normalized spacial score (nSPS) is 10.7. The fraction of sp³-hybridized carbons (Fsp3) is 0.412. The van der Waals surface area contributed by atoms with E-state index in [2.05, 4.69) is 48.2 Å². The molecule has 0 amide bonds. The van der Waals surface area contributed by atoms with Gasteiger partial charge in [0, 0.05) is 6.54 Å². The number of ether oxygens (including phenoxy) is 1. The van der Waals surface area contributed by atoms with Gasteiger partial charge in [-0.15, -0.1) is 0 Å². The second-order valence-electron chi connectivity index (χ2n) is 5.41. The smallest absolute Gasteiger partial charge is 0.227 e. The standard InChI is InChI=1S/C17H23N3O/c1-5-10-18-16-13(4)17(20-11-19-16)21-15-8-6-14(7-9-15)12(2)3/h6-9,11-12H,5,10H2,1-4H3,(H,18,19,20). The van der Waals surface area contributed by atoms with E-state index in [0.717, 1.165) is 30.1 Å². The van der Waals surface area contributed by atoms with E-state index in [1.165, 1.54) is 11.9 Å². The van der Waals surface area contributed by atoms with Crippen molar-refractivity contribution in [3.8, 4) is 11.6 Å². The Morgan fingerprint density at radius 3 is 2.48 bits per heavy atom. The fourth-order valence-electron chi connectivity index (χ4n) is 1.99. The van der Waals surface area contributed by atoms with E-state index in [0.29, 0.717) is 11.8 Å². The summed E-state index contributed by atoms with van der Waals surface area (Å²) in [6, 6.07) is 8.14. The minimum absolute atomic E-state index is 0.518. The van der Waals surface area contributed by atoms with Crippen LogP contribution in [0, 0.1) is 6.92 Å². The predicted octanol–water partition coefficient (Wildman–Crippen LogP) is 4.52. The quantitative estimate of drug-likeness (QED) is 0.847. The number of rotatable bonds is 6. The fourth-order valence-corrected chi connectivity index (χ4v) is 1.99. The molecule has 0 saturated carbocycles. The van der Waals surface area contributed by atoms with E-state index < -0.39 is 0 Å². The molecular formula is C17H23N3O. The Morgan fingerprint density at radius 1 is 1.14 bits per heavy atom. The summed E-state index contributed by atoms with van der Waals surface area (Å²) >= 11 is 0. The lowest BCUT2D eigenvalue weighted by molar-refractivity contribution is 0.457. The molecule has 1 aromatic carbocycles. The zero-order chi connectivity index (χ0) is 15.2. The Bertz CT molecular complexity index is 579. The minimum Gasteiger partial charge on any atom is -0.439 e. The zero-order valence-electron chi connectivity index (χ0n) is 13.2. The van der Waals surface area contributed by atoms with Gasteiger partial charge in [-0.1, -0.05) is 32.9 Å². The Balaban J connectivity index is 2.15. The SMILES string of the molecule is CCCNc1ncnc(Oc2ccc(C(C)C)cc2)c1C. The molecule has 1 aromatic heterocycles. The van der Waals surface area contributed by atoms with E-state index in [1.54, 1.807) is 0 Å². The molecule has 0 aliphatic rings. The number of benzene rings is 1. The predicted molar refractivity (Wildman–Crippen MR) is 86.2 cm³/mol. The molecule has 0 aliphatic carbocycles. The molecule has 0 bridgehead atoms. The van der Waals surface area contributed by atoms with Crippen molar-refractivity contribution in [3.05, 3.63) is 41.7 Å². The van der Waals surface area contributed by atoms with Crippen LogP contribution >= 0.6 is 0 Å². The van der Waals surface area contributed by atoms with Gasteiger partial charge in [0.15, 0.2) is 0 Å². The Labute approximate surface area is 126 Å². The van der Waals surface area contributed by atoms with Gasteiger partial charge in [0.2, 0.25) is 5.88 Å². The van der Waals surface area contributed by atoms with Gasteiger partial charge in [0.05, 0.1) is 5.56 Å². The van der Waals surface area contributed by atoms with Gasteiger partial charge in [0.1, 0.15) is 17.9 Å². The van der Waals surface area contributed by atoms with Gasteiger partial charge >= 0.3 is 0 Å². The average Bonchev–Trinajstić information content (AvgIpc) is 2.49. The summed E-state index contributed by atoms with van der Waals surface area (Å²) in [6.45, 7) is 9.33. The molecule has 2 rings (SSSR count). The van der Waals surface area contributed by atoms with E-state index in [4.69, 9.17) is 4.74 Å². The number of aromatic nitrogens is 2. The summed E-state index contributed by atoms with van der Waals surface area (Å²) in [7, 11) is 0. The maximum absolute atomic E-state index is 5.87. The highest BCUT2D eigenvalue weighted by molar-refractivity contribution is 5.48. The molecule has 112 valence electrons. The van der Waals surface area contributed by atoms with Crippen molar-refractivity contribution in [1.29, 1.82) is 0 Å². The van der Waals surface area contributed by atoms with Crippen molar-refractivity contribution in [2.75, 3.05) is 11.9 Å². The van der Waals surface area contributed by atoms with Crippen LogP contribution in [0.5, 0.6) is 11.6 Å². The molecule has 0 atom stereocenters. The Morgan fingerprint density at radius 2 is 1.86 bits per heavy atom. The van der Waals surface area contributed by atoms with Crippen LogP contribution in [0.15, 0.2) is 30.6 Å². The van der Waals surface area contributed by atoms with Crippen LogP contribution in [-0.2, 0) is 0 Å². The summed E-state index contributed by atoms with van der Waals surface area (Å²) in [5.74, 6) is 2.74. The highest BCUT2D eigenvalue weighted by atomic mass is 16.5. The van der Waals surface area contributed by atoms with Gasteiger partial charge in [-0.3, -0.25) is 0 Å². The van der Waals surface area contributed by atoms with Crippen LogP contribution in [0.4, 0.5) is 5.82 Å². The largest absolute Gasteiger partial charge is 0.439 e. The number of nitrogens with one attached hydrogen (secondary N) is 1. The molecule has 0 unspecified atom stereocenters. The molecule has 4 heteroatoms. The average molecular weight is 285 g/mol. The van der Waals surface area contributed by atoms with Crippen molar-refractivity contribution >= 4 is 5.82 Å². The lowest BCUT2D eigenvalue weighted by atomic mass is 10.0. The molecule has 0 spiro atoms. The number of hydrogen-bond acceptors (Lipinski definition) is 4. The molecule has 0 fully saturated rings. The van der Waals surface area contributed by atoms with Crippen LogP contribution in [0.3, 0.4) is 0 Å². The molecular weight excluding hydrogens is 262 g/mol. The maximum atomic E-state index is 5.87. The Kier molecular flexibility index (Phi) is 5.14. The monoisotopic (exact) mass is 285 g/mol. The molecule has 1 heterocycles. The minimum atomic E-state index is 0.518. The molecule has 4 nitrogen and oxygen atoms in total. The topological polar surface area (TPSA) is 47.0 Å². The summed E-state index contributed by atoms with van der Waals surface area (Å²) in [4.78, 5) is 8.48. The number of hydrogen-bond donors (Lipinski definition) is 1. The zero-order valence-corrected chi connectivity index (χ0v) is 13.2.